The van der Waals surface area contributed by atoms with Crippen molar-refractivity contribution in [2.24, 2.45) is 0 Å². The maximum Gasteiger partial charge on any atom is 0.237 e. The zero-order chi connectivity index (χ0) is 12.4. The van der Waals surface area contributed by atoms with Crippen LogP contribution in [-0.4, -0.2) is 25.3 Å². The maximum atomic E-state index is 11.9. The summed E-state index contributed by atoms with van der Waals surface area (Å²) in [5.41, 5.74) is 0.955. The minimum Gasteiger partial charge on any atom is -0.454 e. The highest BCUT2D eigenvalue weighted by atomic mass is 16.7. The Bertz CT molecular complexity index is 456. The fraction of sp³-hybridized carbons (Fsp3) is 0.462. The van der Waals surface area contributed by atoms with Gasteiger partial charge in [-0.2, -0.15) is 0 Å². The van der Waals surface area contributed by atoms with Gasteiger partial charge < -0.3 is 20.1 Å². The van der Waals surface area contributed by atoms with Crippen molar-refractivity contribution in [1.82, 2.24) is 10.6 Å². The molecule has 0 radical (unpaired) electrons. The third-order valence-corrected chi connectivity index (χ3v) is 3.31. The molecule has 1 aromatic rings. The number of hydrogen-bond acceptors (Lipinski definition) is 4. The Morgan fingerprint density at radius 1 is 1.44 bits per heavy atom. The molecule has 18 heavy (non-hydrogen) atoms. The zero-order valence-electron chi connectivity index (χ0n) is 10.1. The van der Waals surface area contributed by atoms with Gasteiger partial charge in [-0.05, 0) is 25.5 Å². The summed E-state index contributed by atoms with van der Waals surface area (Å²) in [4.78, 5) is 11.9. The van der Waals surface area contributed by atoms with Gasteiger partial charge in [-0.3, -0.25) is 4.79 Å². The van der Waals surface area contributed by atoms with E-state index in [2.05, 4.69) is 10.6 Å². The number of hydrogen-bond donors (Lipinski definition) is 2. The van der Waals surface area contributed by atoms with Crippen molar-refractivity contribution in [3.8, 4) is 11.5 Å². The van der Waals surface area contributed by atoms with Gasteiger partial charge in [-0.1, -0.05) is 12.1 Å². The van der Waals surface area contributed by atoms with Gasteiger partial charge in [0.1, 0.15) is 0 Å². The molecule has 2 aliphatic rings. The zero-order valence-corrected chi connectivity index (χ0v) is 10.1. The lowest BCUT2D eigenvalue weighted by atomic mass is 10.1. The Morgan fingerprint density at radius 2 is 2.39 bits per heavy atom. The number of carbonyl (C=O) groups excluding carboxylic acids is 1. The van der Waals surface area contributed by atoms with E-state index in [1.54, 1.807) is 0 Å². The average Bonchev–Trinajstić information content (AvgIpc) is 3.05. The van der Waals surface area contributed by atoms with E-state index in [4.69, 9.17) is 9.47 Å². The highest BCUT2D eigenvalue weighted by molar-refractivity contribution is 5.82. The van der Waals surface area contributed by atoms with E-state index in [-0.39, 0.29) is 18.7 Å². The van der Waals surface area contributed by atoms with E-state index in [9.17, 15) is 4.79 Å². The molecular formula is C13H16N2O3. The summed E-state index contributed by atoms with van der Waals surface area (Å²) in [6.45, 7) is 1.66. The van der Waals surface area contributed by atoms with Crippen LogP contribution >= 0.6 is 0 Å². The third-order valence-electron chi connectivity index (χ3n) is 3.31. The Labute approximate surface area is 105 Å². The second kappa shape index (κ2) is 4.86. The van der Waals surface area contributed by atoms with Crippen LogP contribution in [0, 0.1) is 0 Å². The average molecular weight is 248 g/mol. The van der Waals surface area contributed by atoms with Gasteiger partial charge in [0, 0.05) is 12.1 Å². The molecule has 5 heteroatoms. The summed E-state index contributed by atoms with van der Waals surface area (Å²) in [7, 11) is 0. The van der Waals surface area contributed by atoms with Gasteiger partial charge in [0.25, 0.3) is 0 Å². The lowest BCUT2D eigenvalue weighted by molar-refractivity contribution is -0.122. The molecule has 5 nitrogen and oxygen atoms in total. The van der Waals surface area contributed by atoms with Gasteiger partial charge in [-0.25, -0.2) is 0 Å². The van der Waals surface area contributed by atoms with Gasteiger partial charge in [0.05, 0.1) is 6.04 Å². The summed E-state index contributed by atoms with van der Waals surface area (Å²) in [6, 6.07) is 5.67. The molecule has 0 aromatic heterocycles. The summed E-state index contributed by atoms with van der Waals surface area (Å²) in [5.74, 6) is 1.56. The van der Waals surface area contributed by atoms with Crippen LogP contribution in [0.3, 0.4) is 0 Å². The third kappa shape index (κ3) is 2.13. The molecule has 2 aliphatic heterocycles. The Morgan fingerprint density at radius 3 is 3.22 bits per heavy atom. The molecule has 3 rings (SSSR count). The van der Waals surface area contributed by atoms with E-state index in [1.807, 2.05) is 18.2 Å². The number of fused-ring (bicyclic) bond motifs is 1. The van der Waals surface area contributed by atoms with E-state index >= 15 is 0 Å². The number of amides is 1. The quantitative estimate of drug-likeness (QED) is 0.830. The fourth-order valence-corrected chi connectivity index (χ4v) is 2.34. The van der Waals surface area contributed by atoms with E-state index in [0.717, 1.165) is 36.4 Å². The normalized spacial score (nSPS) is 21.0. The van der Waals surface area contributed by atoms with Gasteiger partial charge in [0.2, 0.25) is 12.7 Å². The first kappa shape index (κ1) is 11.3. The lowest BCUT2D eigenvalue weighted by Crippen LogP contribution is -2.40. The second-order valence-electron chi connectivity index (χ2n) is 4.52. The number of benzene rings is 1. The first-order chi connectivity index (χ1) is 8.84. The molecule has 2 heterocycles. The minimum absolute atomic E-state index is 0.0427. The molecule has 96 valence electrons. The Balaban J connectivity index is 1.63. The fourth-order valence-electron chi connectivity index (χ4n) is 2.34. The lowest BCUT2D eigenvalue weighted by Gasteiger charge is -2.12. The monoisotopic (exact) mass is 248 g/mol. The van der Waals surface area contributed by atoms with E-state index < -0.39 is 0 Å². The summed E-state index contributed by atoms with van der Waals surface area (Å²) in [5, 5.41) is 6.11. The van der Waals surface area contributed by atoms with Gasteiger partial charge in [-0.15, -0.1) is 0 Å². The molecule has 2 N–H and O–H groups in total. The molecule has 1 atom stereocenters. The first-order valence-corrected chi connectivity index (χ1v) is 6.23. The van der Waals surface area contributed by atoms with Crippen LogP contribution in [0.1, 0.15) is 18.4 Å². The predicted molar refractivity (Wildman–Crippen MR) is 65.4 cm³/mol. The van der Waals surface area contributed by atoms with Crippen LogP contribution < -0.4 is 20.1 Å². The van der Waals surface area contributed by atoms with E-state index in [1.165, 1.54) is 0 Å². The predicted octanol–water partition coefficient (Wildman–Crippen LogP) is 0.783. The van der Waals surface area contributed by atoms with Crippen molar-refractivity contribution in [2.45, 2.75) is 25.4 Å². The van der Waals surface area contributed by atoms with Crippen molar-refractivity contribution < 1.29 is 14.3 Å². The molecule has 1 amide bonds. The highest BCUT2D eigenvalue weighted by Crippen LogP contribution is 2.35. The topological polar surface area (TPSA) is 59.6 Å². The highest BCUT2D eigenvalue weighted by Gasteiger charge is 2.22. The molecule has 1 saturated heterocycles. The Kier molecular flexibility index (Phi) is 3.06. The SMILES string of the molecule is O=C(NCc1cccc2c1OCO2)C1CCCN1. The molecule has 0 bridgehead atoms. The standard InChI is InChI=1S/C13H16N2O3/c16-13(10-4-2-6-14-10)15-7-9-3-1-5-11-12(9)18-8-17-11/h1,3,5,10,14H,2,4,6-8H2,(H,15,16). The van der Waals surface area contributed by atoms with Crippen molar-refractivity contribution in [2.75, 3.05) is 13.3 Å². The summed E-state index contributed by atoms with van der Waals surface area (Å²) >= 11 is 0. The first-order valence-electron chi connectivity index (χ1n) is 6.23. The number of para-hydroxylation sites is 1. The van der Waals surface area contributed by atoms with Crippen LogP contribution in [0.25, 0.3) is 0 Å². The molecule has 0 aliphatic carbocycles. The van der Waals surface area contributed by atoms with Crippen molar-refractivity contribution in [3.05, 3.63) is 23.8 Å². The largest absolute Gasteiger partial charge is 0.454 e. The number of rotatable bonds is 3. The molecule has 0 spiro atoms. The van der Waals surface area contributed by atoms with Crippen LogP contribution in [-0.2, 0) is 11.3 Å². The number of ether oxygens (including phenoxy) is 2. The van der Waals surface area contributed by atoms with Crippen molar-refractivity contribution >= 4 is 5.91 Å². The maximum absolute atomic E-state index is 11.9. The minimum atomic E-state index is -0.0427. The second-order valence-corrected chi connectivity index (χ2v) is 4.52. The van der Waals surface area contributed by atoms with Crippen LogP contribution in [0.4, 0.5) is 0 Å². The summed E-state index contributed by atoms with van der Waals surface area (Å²) in [6.07, 6.45) is 1.98. The van der Waals surface area contributed by atoms with Gasteiger partial charge in [0.15, 0.2) is 11.5 Å². The van der Waals surface area contributed by atoms with E-state index in [0.29, 0.717) is 6.54 Å². The Hall–Kier alpha value is -1.75. The molecule has 1 fully saturated rings. The van der Waals surface area contributed by atoms with Crippen molar-refractivity contribution in [3.63, 3.8) is 0 Å². The number of nitrogens with one attached hydrogen (secondary N) is 2. The van der Waals surface area contributed by atoms with Crippen LogP contribution in [0.2, 0.25) is 0 Å². The van der Waals surface area contributed by atoms with Crippen molar-refractivity contribution in [1.29, 1.82) is 0 Å². The molecular weight excluding hydrogens is 232 g/mol. The number of carbonyl (C=O) groups is 1. The molecule has 0 saturated carbocycles. The summed E-state index contributed by atoms with van der Waals surface area (Å²) < 4.78 is 10.7. The smallest absolute Gasteiger partial charge is 0.237 e. The van der Waals surface area contributed by atoms with Gasteiger partial charge >= 0.3 is 0 Å². The van der Waals surface area contributed by atoms with Crippen LogP contribution in [0.15, 0.2) is 18.2 Å². The molecule has 1 aromatic carbocycles. The molecule has 1 unspecified atom stereocenters. The van der Waals surface area contributed by atoms with Crippen LogP contribution in [0.5, 0.6) is 11.5 Å².